The van der Waals surface area contributed by atoms with E-state index in [1.807, 2.05) is 328 Å². The highest BCUT2D eigenvalue weighted by molar-refractivity contribution is 5.03. The first-order valence-corrected chi connectivity index (χ1v) is 18.0. The second-order valence-corrected chi connectivity index (χ2v) is 10.4. The Hall–Kier alpha value is -7.02. The average molecular weight is 703 g/mol. The van der Waals surface area contributed by atoms with Crippen molar-refractivity contribution in [1.29, 1.82) is 0 Å². The van der Waals surface area contributed by atoms with Crippen LogP contribution in [0.2, 0.25) is 0 Å². The predicted molar refractivity (Wildman–Crippen MR) is 238 cm³/mol. The van der Waals surface area contributed by atoms with E-state index in [4.69, 9.17) is 0 Å². The number of hydrogen-bond donors (Lipinski definition) is 0. The van der Waals surface area contributed by atoms with Crippen molar-refractivity contribution in [2.24, 2.45) is 0 Å². The highest BCUT2D eigenvalue weighted by atomic mass is 13.7. The van der Waals surface area contributed by atoms with E-state index in [0.717, 1.165) is 0 Å². The van der Waals surface area contributed by atoms with Crippen LogP contribution >= 0.6 is 0 Å². The molecule has 0 saturated heterocycles. The minimum atomic E-state index is 2.00. The van der Waals surface area contributed by atoms with Crippen LogP contribution in [0, 0.1) is 0 Å². The van der Waals surface area contributed by atoms with Crippen molar-refractivity contribution < 1.29 is 0 Å². The van der Waals surface area contributed by atoms with E-state index in [-0.39, 0.29) is 0 Å². The molecule has 0 amide bonds. The Morgan fingerprint density at radius 3 is 0.0741 bits per heavy atom. The second kappa shape index (κ2) is 42.1. The second-order valence-electron chi connectivity index (χ2n) is 10.4. The van der Waals surface area contributed by atoms with E-state index in [2.05, 4.69) is 0 Å². The Balaban J connectivity index is 0.000000304. The van der Waals surface area contributed by atoms with Crippen molar-refractivity contribution in [3.8, 4) is 0 Å². The molecule has 0 radical (unpaired) electrons. The van der Waals surface area contributed by atoms with E-state index in [0.29, 0.717) is 0 Å². The van der Waals surface area contributed by atoms with Crippen molar-refractivity contribution in [2.45, 2.75) is 0 Å². The molecule has 0 spiro atoms. The van der Waals surface area contributed by atoms with Gasteiger partial charge in [0.2, 0.25) is 0 Å². The summed E-state index contributed by atoms with van der Waals surface area (Å²) < 4.78 is 0. The molecule has 0 N–H and O–H groups in total. The largest absolute Gasteiger partial charge is 0.0623 e. The van der Waals surface area contributed by atoms with Gasteiger partial charge in [0.05, 0.1) is 0 Å². The fourth-order valence-electron chi connectivity index (χ4n) is 3.46. The third-order valence-corrected chi connectivity index (χ3v) is 6.00. The number of hydrogen-bond acceptors (Lipinski definition) is 0. The first-order chi connectivity index (χ1) is 27.0. The monoisotopic (exact) mass is 702 g/mol. The summed E-state index contributed by atoms with van der Waals surface area (Å²) in [6.45, 7) is 0. The minimum absolute atomic E-state index is 2.00. The molecule has 9 rings (SSSR count). The Labute approximate surface area is 326 Å². The Bertz CT molecular complexity index is 1100. The molecule has 0 heterocycles. The molecule has 0 aliphatic carbocycles. The van der Waals surface area contributed by atoms with Crippen LogP contribution in [-0.4, -0.2) is 0 Å². The lowest BCUT2D eigenvalue weighted by Gasteiger charge is -1.69. The topological polar surface area (TPSA) is 0 Å². The lowest BCUT2D eigenvalue weighted by Crippen LogP contribution is -1.47. The SMILES string of the molecule is c1ccccc1.c1ccccc1.c1ccccc1.c1ccccc1.c1ccccc1.c1ccccc1.c1ccccc1.c1ccccc1.c1ccccc1. The molecule has 0 aromatic heterocycles. The molecule has 0 saturated carbocycles. The molecule has 0 aliphatic heterocycles. The third kappa shape index (κ3) is 39.4. The summed E-state index contributed by atoms with van der Waals surface area (Å²) >= 11 is 0. The highest BCUT2D eigenvalue weighted by Gasteiger charge is 1.62. The van der Waals surface area contributed by atoms with Gasteiger partial charge < -0.3 is 0 Å². The van der Waals surface area contributed by atoms with Gasteiger partial charge in [-0.05, 0) is 0 Å². The van der Waals surface area contributed by atoms with Crippen LogP contribution in [0.1, 0.15) is 0 Å². The van der Waals surface area contributed by atoms with Crippen molar-refractivity contribution >= 4 is 0 Å². The summed E-state index contributed by atoms with van der Waals surface area (Å²) in [7, 11) is 0. The fraction of sp³-hybridized carbons (Fsp3) is 0. The van der Waals surface area contributed by atoms with Gasteiger partial charge in [0, 0.05) is 0 Å². The molecule has 0 fully saturated rings. The standard InChI is InChI=1S/9C6H6/c9*1-2-4-6-5-3-1/h9*1-6H. The van der Waals surface area contributed by atoms with Gasteiger partial charge in [-0.2, -0.15) is 0 Å². The van der Waals surface area contributed by atoms with Crippen LogP contribution in [0.3, 0.4) is 0 Å². The Kier molecular flexibility index (Phi) is 35.1. The van der Waals surface area contributed by atoms with Gasteiger partial charge in [0.1, 0.15) is 0 Å². The molecular weight excluding hydrogens is 649 g/mol. The van der Waals surface area contributed by atoms with Crippen molar-refractivity contribution in [2.75, 3.05) is 0 Å². The molecular formula is C54H54. The lowest BCUT2D eigenvalue weighted by atomic mass is 10.4. The Morgan fingerprint density at radius 1 is 0.0370 bits per heavy atom. The predicted octanol–water partition coefficient (Wildman–Crippen LogP) is 15.2. The van der Waals surface area contributed by atoms with E-state index < -0.39 is 0 Å². The van der Waals surface area contributed by atoms with Gasteiger partial charge in [-0.15, -0.1) is 0 Å². The zero-order valence-electron chi connectivity index (χ0n) is 31.2. The van der Waals surface area contributed by atoms with Crippen LogP contribution in [0.5, 0.6) is 0 Å². The minimum Gasteiger partial charge on any atom is -0.0623 e. The van der Waals surface area contributed by atoms with Crippen LogP contribution in [0.25, 0.3) is 0 Å². The molecule has 0 bridgehead atoms. The molecule has 0 unspecified atom stereocenters. The molecule has 9 aromatic rings. The van der Waals surface area contributed by atoms with Gasteiger partial charge >= 0.3 is 0 Å². The zero-order chi connectivity index (χ0) is 38.2. The summed E-state index contributed by atoms with van der Waals surface area (Å²) in [5, 5.41) is 0. The van der Waals surface area contributed by atoms with Crippen molar-refractivity contribution in [3.05, 3.63) is 328 Å². The maximum atomic E-state index is 2.00. The maximum Gasteiger partial charge on any atom is -0.0623 e. The van der Waals surface area contributed by atoms with Gasteiger partial charge in [-0.1, -0.05) is 328 Å². The van der Waals surface area contributed by atoms with E-state index >= 15 is 0 Å². The van der Waals surface area contributed by atoms with E-state index in [1.165, 1.54) is 0 Å². The number of benzene rings is 9. The summed E-state index contributed by atoms with van der Waals surface area (Å²) in [6.07, 6.45) is 0. The van der Waals surface area contributed by atoms with Gasteiger partial charge in [-0.3, -0.25) is 0 Å². The number of rotatable bonds is 0. The molecule has 54 heavy (non-hydrogen) atoms. The summed E-state index contributed by atoms with van der Waals surface area (Å²) in [6, 6.07) is 108. The third-order valence-electron chi connectivity index (χ3n) is 6.00. The van der Waals surface area contributed by atoms with Crippen LogP contribution < -0.4 is 0 Å². The molecule has 0 heteroatoms. The van der Waals surface area contributed by atoms with Gasteiger partial charge in [0.25, 0.3) is 0 Å². The molecule has 270 valence electrons. The summed E-state index contributed by atoms with van der Waals surface area (Å²) in [4.78, 5) is 0. The zero-order valence-corrected chi connectivity index (χ0v) is 31.2. The van der Waals surface area contributed by atoms with Crippen LogP contribution in [-0.2, 0) is 0 Å². The van der Waals surface area contributed by atoms with Crippen LogP contribution in [0.4, 0.5) is 0 Å². The van der Waals surface area contributed by atoms with Crippen molar-refractivity contribution in [3.63, 3.8) is 0 Å². The lowest BCUT2D eigenvalue weighted by molar-refractivity contribution is 1.72. The van der Waals surface area contributed by atoms with Gasteiger partial charge in [-0.25, -0.2) is 0 Å². The summed E-state index contributed by atoms with van der Waals surface area (Å²) in [5.41, 5.74) is 0. The molecule has 9 aromatic carbocycles. The normalized spacial score (nSPS) is 8.00. The van der Waals surface area contributed by atoms with Crippen LogP contribution in [0.15, 0.2) is 328 Å². The Morgan fingerprint density at radius 2 is 0.0556 bits per heavy atom. The molecule has 0 atom stereocenters. The van der Waals surface area contributed by atoms with Gasteiger partial charge in [0.15, 0.2) is 0 Å². The molecule has 0 aliphatic rings. The summed E-state index contributed by atoms with van der Waals surface area (Å²) in [5.74, 6) is 0. The quantitative estimate of drug-likeness (QED) is 0.148. The van der Waals surface area contributed by atoms with E-state index in [1.54, 1.807) is 0 Å². The average Bonchev–Trinajstić information content (AvgIpc) is 3.33. The maximum absolute atomic E-state index is 2.00. The first kappa shape index (κ1) is 45.0. The fourth-order valence-corrected chi connectivity index (χ4v) is 3.46. The highest BCUT2D eigenvalue weighted by Crippen LogP contribution is 1.84. The smallest absolute Gasteiger partial charge is 0.0623 e. The first-order valence-electron chi connectivity index (χ1n) is 18.0. The molecule has 0 nitrogen and oxygen atoms in total. The van der Waals surface area contributed by atoms with E-state index in [9.17, 15) is 0 Å². The van der Waals surface area contributed by atoms with Crippen molar-refractivity contribution in [1.82, 2.24) is 0 Å².